The van der Waals surface area contributed by atoms with Crippen molar-refractivity contribution in [3.05, 3.63) is 23.5 Å². The monoisotopic (exact) mass is 192 g/mol. The number of aromatic nitrogens is 4. The quantitative estimate of drug-likeness (QED) is 0.656. The number of rotatable bonds is 2. The molecule has 0 saturated carbocycles. The fraction of sp³-hybridized carbons (Fsp3) is 0.125. The Bertz CT molecular complexity index is 471. The van der Waals surface area contributed by atoms with Gasteiger partial charge in [-0.05, 0) is 13.0 Å². The van der Waals surface area contributed by atoms with Crippen molar-refractivity contribution in [1.82, 2.24) is 20.4 Å². The molecule has 72 valence electrons. The van der Waals surface area contributed by atoms with Gasteiger partial charge in [0.2, 0.25) is 0 Å². The molecule has 0 aliphatic carbocycles. The lowest BCUT2D eigenvalue weighted by Crippen LogP contribution is -1.95. The predicted octanol–water partition coefficient (Wildman–Crippen LogP) is 0.806. The van der Waals surface area contributed by atoms with Gasteiger partial charge in [-0.2, -0.15) is 10.2 Å². The molecule has 0 amide bonds. The number of carboxylic acids is 1. The highest BCUT2D eigenvalue weighted by molar-refractivity contribution is 5.86. The Hall–Kier alpha value is -2.11. The largest absolute Gasteiger partial charge is 0.477 e. The Morgan fingerprint density at radius 1 is 1.29 bits per heavy atom. The van der Waals surface area contributed by atoms with Crippen LogP contribution < -0.4 is 0 Å². The van der Waals surface area contributed by atoms with Crippen LogP contribution in [-0.2, 0) is 0 Å². The summed E-state index contributed by atoms with van der Waals surface area (Å²) in [6.07, 6.45) is 0. The van der Waals surface area contributed by atoms with Crippen LogP contribution in [0.1, 0.15) is 16.2 Å². The summed E-state index contributed by atoms with van der Waals surface area (Å²) in [4.78, 5) is 10.6. The summed E-state index contributed by atoms with van der Waals surface area (Å²) in [5, 5.41) is 21.6. The van der Waals surface area contributed by atoms with Crippen LogP contribution in [0.3, 0.4) is 0 Å². The van der Waals surface area contributed by atoms with Crippen LogP contribution in [0.5, 0.6) is 0 Å². The lowest BCUT2D eigenvalue weighted by atomic mass is 10.2. The van der Waals surface area contributed by atoms with E-state index in [1.54, 1.807) is 6.07 Å². The van der Waals surface area contributed by atoms with Crippen molar-refractivity contribution < 1.29 is 9.90 Å². The maximum absolute atomic E-state index is 10.6. The predicted molar refractivity (Wildman–Crippen MR) is 47.9 cm³/mol. The van der Waals surface area contributed by atoms with E-state index in [9.17, 15) is 4.79 Å². The molecule has 0 saturated heterocycles. The minimum absolute atomic E-state index is 0.0562. The Balaban J connectivity index is 2.38. The van der Waals surface area contributed by atoms with Gasteiger partial charge in [0.15, 0.2) is 0 Å². The van der Waals surface area contributed by atoms with Crippen LogP contribution >= 0.6 is 0 Å². The van der Waals surface area contributed by atoms with Crippen molar-refractivity contribution in [3.8, 4) is 11.4 Å². The van der Waals surface area contributed by atoms with Crippen molar-refractivity contribution in [1.29, 1.82) is 0 Å². The summed E-state index contributed by atoms with van der Waals surface area (Å²) in [6, 6.07) is 3.24. The van der Waals surface area contributed by atoms with Crippen molar-refractivity contribution in [2.45, 2.75) is 6.92 Å². The molecule has 2 aromatic rings. The SMILES string of the molecule is Cc1cc(-c2cc(C(=O)O)[nH]n2)n[nH]1. The van der Waals surface area contributed by atoms with Gasteiger partial charge in [-0.1, -0.05) is 0 Å². The smallest absolute Gasteiger partial charge is 0.353 e. The maximum Gasteiger partial charge on any atom is 0.353 e. The van der Waals surface area contributed by atoms with Crippen LogP contribution in [0.25, 0.3) is 11.4 Å². The van der Waals surface area contributed by atoms with Gasteiger partial charge < -0.3 is 5.11 Å². The van der Waals surface area contributed by atoms with Gasteiger partial charge in [0.05, 0.1) is 0 Å². The topological polar surface area (TPSA) is 94.7 Å². The van der Waals surface area contributed by atoms with Gasteiger partial charge in [0.1, 0.15) is 17.1 Å². The summed E-state index contributed by atoms with van der Waals surface area (Å²) in [5.41, 5.74) is 2.11. The maximum atomic E-state index is 10.6. The molecule has 6 nitrogen and oxygen atoms in total. The highest BCUT2D eigenvalue weighted by Gasteiger charge is 2.10. The third-order valence-electron chi connectivity index (χ3n) is 1.78. The lowest BCUT2D eigenvalue weighted by molar-refractivity contribution is 0.0690. The third kappa shape index (κ3) is 1.37. The average molecular weight is 192 g/mol. The first-order valence-corrected chi connectivity index (χ1v) is 3.98. The molecule has 3 N–H and O–H groups in total. The molecule has 0 aliphatic rings. The van der Waals surface area contributed by atoms with Gasteiger partial charge in [-0.3, -0.25) is 10.2 Å². The van der Waals surface area contributed by atoms with Crippen molar-refractivity contribution in [3.63, 3.8) is 0 Å². The molecule has 6 heteroatoms. The number of nitrogens with zero attached hydrogens (tertiary/aromatic N) is 2. The third-order valence-corrected chi connectivity index (χ3v) is 1.78. The zero-order chi connectivity index (χ0) is 10.1. The van der Waals surface area contributed by atoms with Crippen molar-refractivity contribution in [2.24, 2.45) is 0 Å². The molecule has 0 spiro atoms. The average Bonchev–Trinajstić information content (AvgIpc) is 2.70. The van der Waals surface area contributed by atoms with E-state index in [0.717, 1.165) is 5.69 Å². The molecule has 2 heterocycles. The zero-order valence-electron chi connectivity index (χ0n) is 7.40. The van der Waals surface area contributed by atoms with Gasteiger partial charge in [-0.15, -0.1) is 0 Å². The number of carbonyl (C=O) groups is 1. The van der Waals surface area contributed by atoms with Gasteiger partial charge in [0.25, 0.3) is 0 Å². The van der Waals surface area contributed by atoms with E-state index < -0.39 is 5.97 Å². The van der Waals surface area contributed by atoms with Crippen LogP contribution in [0.4, 0.5) is 0 Å². The standard InChI is InChI=1S/C8H8N4O2/c1-4-2-5(10-9-4)6-3-7(8(13)14)12-11-6/h2-3H,1H3,(H,9,10)(H,11,12)(H,13,14). The number of aromatic carboxylic acids is 1. The second-order valence-corrected chi connectivity index (χ2v) is 2.91. The van der Waals surface area contributed by atoms with Crippen molar-refractivity contribution >= 4 is 5.97 Å². The van der Waals surface area contributed by atoms with Crippen LogP contribution in [0.15, 0.2) is 12.1 Å². The number of hydrogen-bond acceptors (Lipinski definition) is 3. The van der Waals surface area contributed by atoms with E-state index in [0.29, 0.717) is 11.4 Å². The van der Waals surface area contributed by atoms with E-state index >= 15 is 0 Å². The molecule has 0 radical (unpaired) electrons. The lowest BCUT2D eigenvalue weighted by Gasteiger charge is -1.83. The molecule has 0 aromatic carbocycles. The molecule has 2 rings (SSSR count). The second kappa shape index (κ2) is 2.99. The first-order chi connectivity index (χ1) is 6.66. The van der Waals surface area contributed by atoms with E-state index in [-0.39, 0.29) is 5.69 Å². The molecule has 0 unspecified atom stereocenters. The Kier molecular flexibility index (Phi) is 1.81. The number of H-pyrrole nitrogens is 2. The zero-order valence-corrected chi connectivity index (χ0v) is 7.40. The number of aryl methyl sites for hydroxylation is 1. The summed E-state index contributed by atoms with van der Waals surface area (Å²) in [7, 11) is 0. The molecule has 0 bridgehead atoms. The van der Waals surface area contributed by atoms with E-state index in [2.05, 4.69) is 20.4 Å². The summed E-state index contributed by atoms with van der Waals surface area (Å²) in [5.74, 6) is -1.03. The number of aromatic amines is 2. The summed E-state index contributed by atoms with van der Waals surface area (Å²) >= 11 is 0. The fourth-order valence-electron chi connectivity index (χ4n) is 1.11. The fourth-order valence-corrected chi connectivity index (χ4v) is 1.11. The minimum atomic E-state index is -1.03. The van der Waals surface area contributed by atoms with E-state index in [1.165, 1.54) is 6.07 Å². The van der Waals surface area contributed by atoms with Gasteiger partial charge in [-0.25, -0.2) is 4.79 Å². The van der Waals surface area contributed by atoms with Crippen LogP contribution in [-0.4, -0.2) is 31.5 Å². The molecule has 14 heavy (non-hydrogen) atoms. The first kappa shape index (κ1) is 8.49. The number of hydrogen-bond donors (Lipinski definition) is 3. The normalized spacial score (nSPS) is 10.4. The van der Waals surface area contributed by atoms with Crippen LogP contribution in [0, 0.1) is 6.92 Å². The highest BCUT2D eigenvalue weighted by Crippen LogP contribution is 2.15. The Labute approximate surface area is 79.0 Å². The van der Waals surface area contributed by atoms with Gasteiger partial charge >= 0.3 is 5.97 Å². The van der Waals surface area contributed by atoms with E-state index in [4.69, 9.17) is 5.11 Å². The van der Waals surface area contributed by atoms with Crippen molar-refractivity contribution in [2.75, 3.05) is 0 Å². The highest BCUT2D eigenvalue weighted by atomic mass is 16.4. The molecule has 0 aliphatic heterocycles. The minimum Gasteiger partial charge on any atom is -0.477 e. The summed E-state index contributed by atoms with van der Waals surface area (Å²) in [6.45, 7) is 1.86. The van der Waals surface area contributed by atoms with Gasteiger partial charge in [0, 0.05) is 11.8 Å². The summed E-state index contributed by atoms with van der Waals surface area (Å²) < 4.78 is 0. The van der Waals surface area contributed by atoms with E-state index in [1.807, 2.05) is 6.92 Å². The first-order valence-electron chi connectivity index (χ1n) is 3.98. The number of carboxylic acid groups (broad SMARTS) is 1. The molecule has 0 atom stereocenters. The molecule has 2 aromatic heterocycles. The molecular weight excluding hydrogens is 184 g/mol. The molecular formula is C8H8N4O2. The molecule has 0 fully saturated rings. The Morgan fingerprint density at radius 3 is 2.43 bits per heavy atom. The van der Waals surface area contributed by atoms with Crippen LogP contribution in [0.2, 0.25) is 0 Å². The Morgan fingerprint density at radius 2 is 1.93 bits per heavy atom. The second-order valence-electron chi connectivity index (χ2n) is 2.91. The number of nitrogens with one attached hydrogen (secondary N) is 2.